The Kier molecular flexibility index (Phi) is 4.74. The van der Waals surface area contributed by atoms with Crippen LogP contribution < -0.4 is 4.90 Å². The quantitative estimate of drug-likeness (QED) is 0.501. The van der Waals surface area contributed by atoms with Gasteiger partial charge in [0.05, 0.1) is 5.52 Å². The molecule has 0 atom stereocenters. The summed E-state index contributed by atoms with van der Waals surface area (Å²) in [4.78, 5) is 22.0. The van der Waals surface area contributed by atoms with Gasteiger partial charge in [-0.3, -0.25) is 4.79 Å². The summed E-state index contributed by atoms with van der Waals surface area (Å²) < 4.78 is 2.12. The van der Waals surface area contributed by atoms with Gasteiger partial charge in [0.25, 0.3) is 0 Å². The molecule has 7 heteroatoms. The van der Waals surface area contributed by atoms with E-state index in [0.29, 0.717) is 12.3 Å². The molecule has 1 aliphatic carbocycles. The monoisotopic (exact) mass is 426 g/mol. The van der Waals surface area contributed by atoms with E-state index in [1.165, 1.54) is 5.56 Å². The Morgan fingerprint density at radius 2 is 1.72 bits per heavy atom. The molecule has 1 amide bonds. The number of nitrogens with zero attached hydrogens (tertiary/aromatic N) is 6. The Morgan fingerprint density at radius 3 is 2.56 bits per heavy atom. The molecule has 2 aromatic heterocycles. The van der Waals surface area contributed by atoms with Gasteiger partial charge in [-0.2, -0.15) is 0 Å². The van der Waals surface area contributed by atoms with Crippen LogP contribution in [0.5, 0.6) is 0 Å². The fraction of sp³-hybridized carbons (Fsp3) is 0.360. The number of amides is 1. The van der Waals surface area contributed by atoms with Crippen molar-refractivity contribution in [1.29, 1.82) is 0 Å². The van der Waals surface area contributed by atoms with Gasteiger partial charge in [0.1, 0.15) is 5.82 Å². The third kappa shape index (κ3) is 3.47. The van der Waals surface area contributed by atoms with Crippen LogP contribution in [0.1, 0.15) is 30.7 Å². The zero-order valence-electron chi connectivity index (χ0n) is 18.0. The van der Waals surface area contributed by atoms with Gasteiger partial charge in [0.15, 0.2) is 5.65 Å². The summed E-state index contributed by atoms with van der Waals surface area (Å²) in [6, 6.07) is 18.5. The standard InChI is InChI=1S/C25H26N6O/c32-24(19-11-12-19)29-13-6-14-30(16-15-29)25-26-21-10-5-4-9-20(21)23-28-27-22(31(23)25)17-18-7-2-1-3-8-18/h1-5,7-10,19H,6,11-17H2. The van der Waals surface area contributed by atoms with Crippen molar-refractivity contribution in [1.82, 2.24) is 24.5 Å². The lowest BCUT2D eigenvalue weighted by Gasteiger charge is -2.24. The van der Waals surface area contributed by atoms with E-state index in [1.807, 2.05) is 41.3 Å². The fourth-order valence-corrected chi connectivity index (χ4v) is 4.65. The van der Waals surface area contributed by atoms with Crippen LogP contribution in [0.4, 0.5) is 5.95 Å². The summed E-state index contributed by atoms with van der Waals surface area (Å²) in [6.45, 7) is 3.18. The molecule has 1 saturated heterocycles. The van der Waals surface area contributed by atoms with Crippen molar-refractivity contribution in [2.24, 2.45) is 5.92 Å². The topological polar surface area (TPSA) is 66.6 Å². The molecule has 3 heterocycles. The predicted molar refractivity (Wildman–Crippen MR) is 124 cm³/mol. The molecule has 0 bridgehead atoms. The minimum atomic E-state index is 0.266. The molecular weight excluding hydrogens is 400 g/mol. The van der Waals surface area contributed by atoms with Crippen LogP contribution in [-0.4, -0.2) is 56.6 Å². The third-order valence-corrected chi connectivity index (χ3v) is 6.52. The average molecular weight is 427 g/mol. The SMILES string of the molecule is O=C(C1CC1)N1CCCN(c2nc3ccccc3c3nnc(Cc4ccccc4)n23)CC1. The van der Waals surface area contributed by atoms with Crippen molar-refractivity contribution in [2.75, 3.05) is 31.1 Å². The van der Waals surface area contributed by atoms with Crippen molar-refractivity contribution in [3.8, 4) is 0 Å². The third-order valence-electron chi connectivity index (χ3n) is 6.52. The molecule has 32 heavy (non-hydrogen) atoms. The summed E-state index contributed by atoms with van der Waals surface area (Å²) in [5.41, 5.74) is 2.95. The maximum atomic E-state index is 12.6. The maximum absolute atomic E-state index is 12.6. The summed E-state index contributed by atoms with van der Waals surface area (Å²) in [7, 11) is 0. The second-order valence-electron chi connectivity index (χ2n) is 8.81. The highest BCUT2D eigenvalue weighted by Gasteiger charge is 2.34. The second-order valence-corrected chi connectivity index (χ2v) is 8.81. The molecule has 7 nitrogen and oxygen atoms in total. The Bertz CT molecular complexity index is 1280. The first-order valence-corrected chi connectivity index (χ1v) is 11.5. The fourth-order valence-electron chi connectivity index (χ4n) is 4.65. The summed E-state index contributed by atoms with van der Waals surface area (Å²) in [6.07, 6.45) is 3.73. The summed E-state index contributed by atoms with van der Waals surface area (Å²) in [5, 5.41) is 10.2. The van der Waals surface area contributed by atoms with Gasteiger partial charge in [-0.15, -0.1) is 10.2 Å². The van der Waals surface area contributed by atoms with Crippen LogP contribution >= 0.6 is 0 Å². The van der Waals surface area contributed by atoms with Gasteiger partial charge in [-0.25, -0.2) is 9.38 Å². The van der Waals surface area contributed by atoms with Crippen molar-refractivity contribution >= 4 is 28.4 Å². The van der Waals surface area contributed by atoms with Crippen LogP contribution in [0.25, 0.3) is 16.6 Å². The molecule has 1 saturated carbocycles. The van der Waals surface area contributed by atoms with Gasteiger partial charge in [-0.05, 0) is 37.0 Å². The molecule has 2 aliphatic rings. The van der Waals surface area contributed by atoms with Crippen molar-refractivity contribution in [3.63, 3.8) is 0 Å². The highest BCUT2D eigenvalue weighted by Crippen LogP contribution is 2.32. The molecule has 2 fully saturated rings. The first-order chi connectivity index (χ1) is 15.8. The Hall–Kier alpha value is -3.48. The first kappa shape index (κ1) is 19.2. The minimum absolute atomic E-state index is 0.266. The number of carbonyl (C=O) groups is 1. The Morgan fingerprint density at radius 1 is 0.906 bits per heavy atom. The van der Waals surface area contributed by atoms with Crippen LogP contribution in [0.15, 0.2) is 54.6 Å². The average Bonchev–Trinajstić information content (AvgIpc) is 3.64. The number of hydrogen-bond acceptors (Lipinski definition) is 5. The van der Waals surface area contributed by atoms with Gasteiger partial charge >= 0.3 is 0 Å². The van der Waals surface area contributed by atoms with Gasteiger partial charge in [-0.1, -0.05) is 42.5 Å². The molecule has 2 aromatic carbocycles. The van der Waals surface area contributed by atoms with E-state index < -0.39 is 0 Å². The lowest BCUT2D eigenvalue weighted by atomic mass is 10.1. The molecule has 6 rings (SSSR count). The van der Waals surface area contributed by atoms with E-state index in [-0.39, 0.29) is 5.92 Å². The van der Waals surface area contributed by atoms with E-state index in [2.05, 4.69) is 37.7 Å². The number of benzene rings is 2. The molecule has 0 radical (unpaired) electrons. The molecule has 0 unspecified atom stereocenters. The molecular formula is C25H26N6O. The summed E-state index contributed by atoms with van der Waals surface area (Å²) in [5.74, 6) is 2.35. The number of anilines is 1. The maximum Gasteiger partial charge on any atom is 0.225 e. The van der Waals surface area contributed by atoms with Gasteiger partial charge in [0.2, 0.25) is 11.9 Å². The van der Waals surface area contributed by atoms with Crippen molar-refractivity contribution in [2.45, 2.75) is 25.7 Å². The van der Waals surface area contributed by atoms with E-state index >= 15 is 0 Å². The van der Waals surface area contributed by atoms with Crippen LogP contribution in [0.2, 0.25) is 0 Å². The van der Waals surface area contributed by atoms with E-state index in [0.717, 1.165) is 73.8 Å². The summed E-state index contributed by atoms with van der Waals surface area (Å²) >= 11 is 0. The minimum Gasteiger partial charge on any atom is -0.341 e. The van der Waals surface area contributed by atoms with Crippen molar-refractivity contribution < 1.29 is 4.79 Å². The molecule has 0 N–H and O–H groups in total. The van der Waals surface area contributed by atoms with Crippen molar-refractivity contribution in [3.05, 3.63) is 66.0 Å². The smallest absolute Gasteiger partial charge is 0.225 e. The number of para-hydroxylation sites is 1. The molecule has 0 spiro atoms. The zero-order chi connectivity index (χ0) is 21.5. The van der Waals surface area contributed by atoms with Crippen LogP contribution in [-0.2, 0) is 11.2 Å². The van der Waals surface area contributed by atoms with Crippen LogP contribution in [0, 0.1) is 5.92 Å². The predicted octanol–water partition coefficient (Wildman–Crippen LogP) is 3.32. The molecule has 162 valence electrons. The van der Waals surface area contributed by atoms with E-state index in [9.17, 15) is 4.79 Å². The Balaban J connectivity index is 1.41. The lowest BCUT2D eigenvalue weighted by Crippen LogP contribution is -2.36. The highest BCUT2D eigenvalue weighted by molar-refractivity contribution is 5.92. The first-order valence-electron chi connectivity index (χ1n) is 11.5. The molecule has 4 aromatic rings. The zero-order valence-corrected chi connectivity index (χ0v) is 18.0. The van der Waals surface area contributed by atoms with E-state index in [4.69, 9.17) is 4.98 Å². The largest absolute Gasteiger partial charge is 0.341 e. The second kappa shape index (κ2) is 7.89. The lowest BCUT2D eigenvalue weighted by molar-refractivity contribution is -0.132. The van der Waals surface area contributed by atoms with Crippen LogP contribution in [0.3, 0.4) is 0 Å². The number of rotatable bonds is 4. The van der Waals surface area contributed by atoms with Gasteiger partial charge in [0, 0.05) is 43.9 Å². The highest BCUT2D eigenvalue weighted by atomic mass is 16.2. The number of hydrogen-bond donors (Lipinski definition) is 0. The van der Waals surface area contributed by atoms with Gasteiger partial charge < -0.3 is 9.80 Å². The number of fused-ring (bicyclic) bond motifs is 3. The number of aromatic nitrogens is 4. The Labute approximate surface area is 186 Å². The molecule has 1 aliphatic heterocycles. The normalized spacial score (nSPS) is 17.1. The van der Waals surface area contributed by atoms with E-state index in [1.54, 1.807) is 0 Å². The number of carbonyl (C=O) groups excluding carboxylic acids is 1.